The van der Waals surface area contributed by atoms with Crippen molar-refractivity contribution in [2.24, 2.45) is 5.73 Å². The van der Waals surface area contributed by atoms with Crippen molar-refractivity contribution in [3.05, 3.63) is 33.9 Å². The minimum Gasteiger partial charge on any atom is -0.324 e. The van der Waals surface area contributed by atoms with E-state index in [1.807, 2.05) is 6.92 Å². The first-order valence-electron chi connectivity index (χ1n) is 5.77. The Labute approximate surface area is 105 Å². The molecule has 0 saturated carbocycles. The van der Waals surface area contributed by atoms with E-state index < -0.39 is 11.0 Å². The van der Waals surface area contributed by atoms with Crippen molar-refractivity contribution in [3.63, 3.8) is 0 Å². The number of nitrogens with one attached hydrogen (secondary N) is 1. The molecule has 1 aromatic carbocycles. The number of anilines is 1. The third kappa shape index (κ3) is 3.27. The summed E-state index contributed by atoms with van der Waals surface area (Å²) in [4.78, 5) is 22.0. The van der Waals surface area contributed by atoms with E-state index in [1.165, 1.54) is 12.1 Å². The van der Waals surface area contributed by atoms with E-state index in [0.717, 1.165) is 6.42 Å². The standard InChI is InChI=1S/C12H17N3O3/c1-3-5-9(13)12(16)14-10-6-4-7-11(8(10)2)15(17)18/h4,6-7,9H,3,5,13H2,1-2H3,(H,14,16)/t9-/m1/s1. The van der Waals surface area contributed by atoms with Crippen LogP contribution in [0.25, 0.3) is 0 Å². The topological polar surface area (TPSA) is 98.3 Å². The fourth-order valence-corrected chi connectivity index (χ4v) is 1.62. The van der Waals surface area contributed by atoms with Crippen LogP contribution in [0, 0.1) is 17.0 Å². The molecule has 0 radical (unpaired) electrons. The summed E-state index contributed by atoms with van der Waals surface area (Å²) < 4.78 is 0. The molecule has 18 heavy (non-hydrogen) atoms. The van der Waals surface area contributed by atoms with Crippen molar-refractivity contribution in [1.82, 2.24) is 0 Å². The molecule has 1 aromatic rings. The highest BCUT2D eigenvalue weighted by atomic mass is 16.6. The molecule has 6 nitrogen and oxygen atoms in total. The van der Waals surface area contributed by atoms with E-state index in [9.17, 15) is 14.9 Å². The molecular formula is C12H17N3O3. The Morgan fingerprint density at radius 1 is 1.56 bits per heavy atom. The van der Waals surface area contributed by atoms with Gasteiger partial charge in [0.1, 0.15) is 0 Å². The number of rotatable bonds is 5. The molecule has 0 aliphatic heterocycles. The lowest BCUT2D eigenvalue weighted by Gasteiger charge is -2.12. The van der Waals surface area contributed by atoms with Gasteiger partial charge in [0, 0.05) is 6.07 Å². The van der Waals surface area contributed by atoms with Gasteiger partial charge in [-0.3, -0.25) is 14.9 Å². The Bertz CT molecular complexity index is 460. The summed E-state index contributed by atoms with van der Waals surface area (Å²) in [5.41, 5.74) is 6.52. The molecule has 1 atom stereocenters. The quantitative estimate of drug-likeness (QED) is 0.617. The van der Waals surface area contributed by atoms with E-state index in [2.05, 4.69) is 5.32 Å². The summed E-state index contributed by atoms with van der Waals surface area (Å²) in [6.07, 6.45) is 1.39. The fourth-order valence-electron chi connectivity index (χ4n) is 1.62. The van der Waals surface area contributed by atoms with Gasteiger partial charge < -0.3 is 11.1 Å². The van der Waals surface area contributed by atoms with Gasteiger partial charge >= 0.3 is 0 Å². The predicted molar refractivity (Wildman–Crippen MR) is 69.3 cm³/mol. The van der Waals surface area contributed by atoms with Crippen LogP contribution < -0.4 is 11.1 Å². The highest BCUT2D eigenvalue weighted by Crippen LogP contribution is 2.25. The maximum absolute atomic E-state index is 11.7. The number of benzene rings is 1. The SMILES string of the molecule is CCC[C@@H](N)C(=O)Nc1cccc([N+](=O)[O-])c1C. The number of nitro groups is 1. The molecule has 3 N–H and O–H groups in total. The summed E-state index contributed by atoms with van der Waals surface area (Å²) in [6.45, 7) is 3.53. The third-order valence-corrected chi connectivity index (χ3v) is 2.70. The van der Waals surface area contributed by atoms with E-state index >= 15 is 0 Å². The van der Waals surface area contributed by atoms with Crippen molar-refractivity contribution in [1.29, 1.82) is 0 Å². The molecular weight excluding hydrogens is 234 g/mol. The molecule has 6 heteroatoms. The molecule has 1 amide bonds. The van der Waals surface area contributed by atoms with Crippen LogP contribution in [0.2, 0.25) is 0 Å². The molecule has 0 bridgehead atoms. The molecule has 0 aliphatic carbocycles. The van der Waals surface area contributed by atoms with Crippen molar-refractivity contribution in [2.75, 3.05) is 5.32 Å². The third-order valence-electron chi connectivity index (χ3n) is 2.70. The summed E-state index contributed by atoms with van der Waals surface area (Å²) in [6, 6.07) is 3.97. The van der Waals surface area contributed by atoms with Crippen LogP contribution in [-0.4, -0.2) is 16.9 Å². The maximum Gasteiger partial charge on any atom is 0.274 e. The fraction of sp³-hybridized carbons (Fsp3) is 0.417. The van der Waals surface area contributed by atoms with Gasteiger partial charge in [-0.25, -0.2) is 0 Å². The Morgan fingerprint density at radius 2 is 2.22 bits per heavy atom. The van der Waals surface area contributed by atoms with Crippen molar-refractivity contribution in [2.45, 2.75) is 32.7 Å². The van der Waals surface area contributed by atoms with Crippen molar-refractivity contribution < 1.29 is 9.72 Å². The average Bonchev–Trinajstić information content (AvgIpc) is 2.31. The number of hydrogen-bond donors (Lipinski definition) is 2. The number of nitro benzene ring substituents is 1. The largest absolute Gasteiger partial charge is 0.324 e. The first-order valence-corrected chi connectivity index (χ1v) is 5.77. The molecule has 0 aliphatic rings. The molecule has 1 rings (SSSR count). The molecule has 0 heterocycles. The van der Waals surface area contributed by atoms with E-state index in [-0.39, 0.29) is 11.6 Å². The van der Waals surface area contributed by atoms with Gasteiger partial charge in [0.15, 0.2) is 0 Å². The summed E-state index contributed by atoms with van der Waals surface area (Å²) in [5.74, 6) is -0.319. The lowest BCUT2D eigenvalue weighted by atomic mass is 10.1. The Hall–Kier alpha value is -1.95. The van der Waals surface area contributed by atoms with Gasteiger partial charge in [-0.1, -0.05) is 19.4 Å². The molecule has 0 saturated heterocycles. The van der Waals surface area contributed by atoms with Crippen LogP contribution in [0.1, 0.15) is 25.3 Å². The van der Waals surface area contributed by atoms with Gasteiger partial charge in [-0.2, -0.15) is 0 Å². The number of carbonyl (C=O) groups is 1. The molecule has 0 aromatic heterocycles. The highest BCUT2D eigenvalue weighted by Gasteiger charge is 2.17. The average molecular weight is 251 g/mol. The summed E-state index contributed by atoms with van der Waals surface area (Å²) in [5, 5.41) is 13.4. The first-order chi connectivity index (χ1) is 8.47. The lowest BCUT2D eigenvalue weighted by Crippen LogP contribution is -2.35. The zero-order valence-electron chi connectivity index (χ0n) is 10.5. The van der Waals surface area contributed by atoms with Crippen LogP contribution >= 0.6 is 0 Å². The van der Waals surface area contributed by atoms with Gasteiger partial charge in [0.05, 0.1) is 22.2 Å². The zero-order valence-corrected chi connectivity index (χ0v) is 10.5. The van der Waals surface area contributed by atoms with Crippen molar-refractivity contribution >= 4 is 17.3 Å². The lowest BCUT2D eigenvalue weighted by molar-refractivity contribution is -0.385. The van der Waals surface area contributed by atoms with Gasteiger partial charge in [-0.15, -0.1) is 0 Å². The normalized spacial score (nSPS) is 11.9. The van der Waals surface area contributed by atoms with Crippen LogP contribution in [0.4, 0.5) is 11.4 Å². The Morgan fingerprint density at radius 3 is 2.78 bits per heavy atom. The van der Waals surface area contributed by atoms with Crippen LogP contribution in [0.3, 0.4) is 0 Å². The smallest absolute Gasteiger partial charge is 0.274 e. The maximum atomic E-state index is 11.7. The van der Waals surface area contributed by atoms with Crippen LogP contribution in [0.5, 0.6) is 0 Å². The second kappa shape index (κ2) is 6.11. The van der Waals surface area contributed by atoms with E-state index in [0.29, 0.717) is 17.7 Å². The highest BCUT2D eigenvalue weighted by molar-refractivity contribution is 5.95. The second-order valence-corrected chi connectivity index (χ2v) is 4.09. The minimum absolute atomic E-state index is 0.0168. The zero-order chi connectivity index (χ0) is 13.7. The van der Waals surface area contributed by atoms with Crippen LogP contribution in [0.15, 0.2) is 18.2 Å². The van der Waals surface area contributed by atoms with Gasteiger partial charge in [-0.05, 0) is 19.4 Å². The molecule has 0 fully saturated rings. The summed E-state index contributed by atoms with van der Waals surface area (Å²) >= 11 is 0. The minimum atomic E-state index is -0.589. The molecule has 0 unspecified atom stereocenters. The predicted octanol–water partition coefficient (Wildman–Crippen LogP) is 1.97. The second-order valence-electron chi connectivity index (χ2n) is 4.09. The monoisotopic (exact) mass is 251 g/mol. The van der Waals surface area contributed by atoms with E-state index in [1.54, 1.807) is 13.0 Å². The summed E-state index contributed by atoms with van der Waals surface area (Å²) in [7, 11) is 0. The number of amides is 1. The Balaban J connectivity index is 2.88. The van der Waals surface area contributed by atoms with Gasteiger partial charge in [0.25, 0.3) is 5.69 Å². The Kier molecular flexibility index (Phi) is 4.79. The molecule has 98 valence electrons. The number of nitrogens with zero attached hydrogens (tertiary/aromatic N) is 1. The van der Waals surface area contributed by atoms with Crippen molar-refractivity contribution in [3.8, 4) is 0 Å². The molecule has 0 spiro atoms. The number of carbonyl (C=O) groups excluding carboxylic acids is 1. The number of nitrogens with two attached hydrogens (primary N) is 1. The number of hydrogen-bond acceptors (Lipinski definition) is 4. The van der Waals surface area contributed by atoms with Gasteiger partial charge in [0.2, 0.25) is 5.91 Å². The van der Waals surface area contributed by atoms with E-state index in [4.69, 9.17) is 5.73 Å². The first kappa shape index (κ1) is 14.1. The van der Waals surface area contributed by atoms with Crippen LogP contribution in [-0.2, 0) is 4.79 Å².